The molecule has 0 radical (unpaired) electrons. The third-order valence-electron chi connectivity index (χ3n) is 3.21. The maximum Gasteiger partial charge on any atom is 0.336 e. The van der Waals surface area contributed by atoms with E-state index in [0.717, 1.165) is 22.0 Å². The number of nitrogens with zero attached hydrogens (tertiary/aromatic N) is 1. The van der Waals surface area contributed by atoms with Crippen molar-refractivity contribution in [3.63, 3.8) is 0 Å². The number of hydrogen-bond donors (Lipinski definition) is 2. The summed E-state index contributed by atoms with van der Waals surface area (Å²) in [7, 11) is 0. The molecule has 0 fully saturated rings. The fourth-order valence-electron chi connectivity index (χ4n) is 2.24. The number of aromatic carboxylic acids is 1. The molecule has 19 heavy (non-hydrogen) atoms. The highest BCUT2D eigenvalue weighted by Crippen LogP contribution is 2.29. The van der Waals surface area contributed by atoms with Gasteiger partial charge in [0.2, 0.25) is 0 Å². The van der Waals surface area contributed by atoms with E-state index in [1.165, 1.54) is 0 Å². The first kappa shape index (κ1) is 11.5. The number of rotatable bonds is 2. The monoisotopic (exact) mass is 252 g/mol. The second-order valence-electron chi connectivity index (χ2n) is 4.48. The minimum atomic E-state index is -0.935. The molecule has 0 bridgehead atoms. The Hall–Kier alpha value is -2.62. The number of aromatic amines is 1. The van der Waals surface area contributed by atoms with Crippen molar-refractivity contribution in [2.75, 3.05) is 0 Å². The molecule has 0 aliphatic heterocycles. The van der Waals surface area contributed by atoms with E-state index in [1.54, 1.807) is 12.3 Å². The Kier molecular flexibility index (Phi) is 2.56. The Bertz CT molecular complexity index is 775. The largest absolute Gasteiger partial charge is 0.478 e. The summed E-state index contributed by atoms with van der Waals surface area (Å²) in [5, 5.41) is 18.1. The number of benzene rings is 2. The molecule has 3 rings (SSSR count). The molecule has 1 heterocycles. The number of carboxylic acid groups (broad SMARTS) is 1. The van der Waals surface area contributed by atoms with Crippen LogP contribution in [-0.2, 0) is 0 Å². The third-order valence-corrected chi connectivity index (χ3v) is 3.21. The predicted molar refractivity (Wildman–Crippen MR) is 73.2 cm³/mol. The normalized spacial score (nSPS) is 10.8. The maximum absolute atomic E-state index is 11.4. The van der Waals surface area contributed by atoms with Crippen LogP contribution in [0.2, 0.25) is 0 Å². The summed E-state index contributed by atoms with van der Waals surface area (Å²) in [4.78, 5) is 11.4. The molecule has 3 aromatic rings. The van der Waals surface area contributed by atoms with Gasteiger partial charge >= 0.3 is 5.97 Å². The molecule has 0 aliphatic rings. The highest BCUT2D eigenvalue weighted by atomic mass is 16.4. The molecule has 0 saturated heterocycles. The first-order chi connectivity index (χ1) is 9.16. The highest BCUT2D eigenvalue weighted by Gasteiger charge is 2.15. The van der Waals surface area contributed by atoms with Crippen LogP contribution in [0, 0.1) is 6.92 Å². The minimum absolute atomic E-state index is 0.283. The van der Waals surface area contributed by atoms with Crippen molar-refractivity contribution in [1.29, 1.82) is 0 Å². The van der Waals surface area contributed by atoms with Gasteiger partial charge in [0.1, 0.15) is 0 Å². The highest BCUT2D eigenvalue weighted by molar-refractivity contribution is 6.02. The zero-order valence-corrected chi connectivity index (χ0v) is 10.3. The second-order valence-corrected chi connectivity index (χ2v) is 4.48. The van der Waals surface area contributed by atoms with Crippen molar-refractivity contribution in [2.24, 2.45) is 0 Å². The van der Waals surface area contributed by atoms with Crippen LogP contribution in [0.25, 0.3) is 22.0 Å². The van der Waals surface area contributed by atoms with Gasteiger partial charge in [-0.1, -0.05) is 24.3 Å². The molecular formula is C15H12N2O2. The molecule has 0 unspecified atom stereocenters. The van der Waals surface area contributed by atoms with Gasteiger partial charge < -0.3 is 5.11 Å². The van der Waals surface area contributed by atoms with Gasteiger partial charge in [-0.15, -0.1) is 0 Å². The van der Waals surface area contributed by atoms with Gasteiger partial charge in [0.05, 0.1) is 17.5 Å². The quantitative estimate of drug-likeness (QED) is 0.735. The van der Waals surface area contributed by atoms with Crippen LogP contribution >= 0.6 is 0 Å². The molecule has 0 atom stereocenters. The Morgan fingerprint density at radius 2 is 1.89 bits per heavy atom. The van der Waals surface area contributed by atoms with Gasteiger partial charge in [0.15, 0.2) is 0 Å². The van der Waals surface area contributed by atoms with Crippen molar-refractivity contribution in [2.45, 2.75) is 6.92 Å². The van der Waals surface area contributed by atoms with E-state index < -0.39 is 5.97 Å². The number of carboxylic acids is 1. The van der Waals surface area contributed by atoms with E-state index >= 15 is 0 Å². The molecular weight excluding hydrogens is 240 g/mol. The minimum Gasteiger partial charge on any atom is -0.478 e. The van der Waals surface area contributed by atoms with Crippen molar-refractivity contribution in [1.82, 2.24) is 10.2 Å². The smallest absolute Gasteiger partial charge is 0.336 e. The van der Waals surface area contributed by atoms with Crippen LogP contribution in [0.5, 0.6) is 0 Å². The number of fused-ring (bicyclic) bond motifs is 1. The molecule has 1 aromatic heterocycles. The summed E-state index contributed by atoms with van der Waals surface area (Å²) < 4.78 is 0. The zero-order valence-electron chi connectivity index (χ0n) is 10.3. The van der Waals surface area contributed by atoms with E-state index in [2.05, 4.69) is 10.2 Å². The Balaban J connectivity index is 2.36. The van der Waals surface area contributed by atoms with Crippen LogP contribution in [0.4, 0.5) is 0 Å². The number of nitrogens with one attached hydrogen (secondary N) is 1. The van der Waals surface area contributed by atoms with E-state index in [1.807, 2.05) is 37.3 Å². The lowest BCUT2D eigenvalue weighted by Gasteiger charge is -2.08. The molecule has 0 aliphatic carbocycles. The average Bonchev–Trinajstić information content (AvgIpc) is 2.83. The fourth-order valence-corrected chi connectivity index (χ4v) is 2.24. The van der Waals surface area contributed by atoms with Gasteiger partial charge in [0, 0.05) is 5.56 Å². The SMILES string of the molecule is Cc1cn[nH]c1-c1cc2ccccc2cc1C(=O)O. The summed E-state index contributed by atoms with van der Waals surface area (Å²) in [6.07, 6.45) is 1.69. The lowest BCUT2D eigenvalue weighted by atomic mass is 9.97. The van der Waals surface area contributed by atoms with Crippen molar-refractivity contribution < 1.29 is 9.90 Å². The molecule has 2 N–H and O–H groups in total. The van der Waals surface area contributed by atoms with Gasteiger partial charge in [0.25, 0.3) is 0 Å². The average molecular weight is 252 g/mol. The van der Waals surface area contributed by atoms with Crippen LogP contribution in [0.15, 0.2) is 42.6 Å². The van der Waals surface area contributed by atoms with Crippen molar-refractivity contribution in [3.8, 4) is 11.3 Å². The second kappa shape index (κ2) is 4.24. The standard InChI is InChI=1S/C15H12N2O2/c1-9-8-16-17-14(9)12-6-10-4-2-3-5-11(10)7-13(12)15(18)19/h2-8H,1H3,(H,16,17)(H,18,19). The van der Waals surface area contributed by atoms with E-state index in [-0.39, 0.29) is 5.56 Å². The number of hydrogen-bond acceptors (Lipinski definition) is 2. The van der Waals surface area contributed by atoms with E-state index in [9.17, 15) is 9.90 Å². The number of aryl methyl sites for hydroxylation is 1. The molecule has 0 spiro atoms. The molecule has 4 nitrogen and oxygen atoms in total. The number of carbonyl (C=O) groups is 1. The summed E-state index contributed by atoms with van der Waals surface area (Å²) in [5.41, 5.74) is 2.63. The number of H-pyrrole nitrogens is 1. The lowest BCUT2D eigenvalue weighted by molar-refractivity contribution is 0.0698. The fraction of sp³-hybridized carbons (Fsp3) is 0.0667. The maximum atomic E-state index is 11.4. The summed E-state index contributed by atoms with van der Waals surface area (Å²) in [5.74, 6) is -0.935. The van der Waals surface area contributed by atoms with Gasteiger partial charge in [-0.05, 0) is 35.4 Å². The van der Waals surface area contributed by atoms with Crippen LogP contribution in [0.3, 0.4) is 0 Å². The third kappa shape index (κ3) is 1.87. The van der Waals surface area contributed by atoms with Crippen LogP contribution < -0.4 is 0 Å². The summed E-state index contributed by atoms with van der Waals surface area (Å²) in [6, 6.07) is 11.3. The Labute approximate surface area is 109 Å². The van der Waals surface area contributed by atoms with Crippen molar-refractivity contribution in [3.05, 3.63) is 53.7 Å². The van der Waals surface area contributed by atoms with Crippen LogP contribution in [0.1, 0.15) is 15.9 Å². The summed E-state index contributed by atoms with van der Waals surface area (Å²) in [6.45, 7) is 1.90. The number of aromatic nitrogens is 2. The molecule has 94 valence electrons. The lowest BCUT2D eigenvalue weighted by Crippen LogP contribution is -2.00. The first-order valence-electron chi connectivity index (χ1n) is 5.93. The van der Waals surface area contributed by atoms with Gasteiger partial charge in [-0.25, -0.2) is 4.79 Å². The van der Waals surface area contributed by atoms with Gasteiger partial charge in [-0.2, -0.15) is 5.10 Å². The Morgan fingerprint density at radius 3 is 2.47 bits per heavy atom. The molecule has 0 amide bonds. The predicted octanol–water partition coefficient (Wildman–Crippen LogP) is 3.24. The molecule has 2 aromatic carbocycles. The van der Waals surface area contributed by atoms with Crippen LogP contribution in [-0.4, -0.2) is 21.3 Å². The first-order valence-corrected chi connectivity index (χ1v) is 5.93. The summed E-state index contributed by atoms with van der Waals surface area (Å²) >= 11 is 0. The zero-order chi connectivity index (χ0) is 13.4. The molecule has 0 saturated carbocycles. The van der Waals surface area contributed by atoms with E-state index in [0.29, 0.717) is 5.56 Å². The molecule has 4 heteroatoms. The Morgan fingerprint density at radius 1 is 1.21 bits per heavy atom. The van der Waals surface area contributed by atoms with E-state index in [4.69, 9.17) is 0 Å². The van der Waals surface area contributed by atoms with Gasteiger partial charge in [-0.3, -0.25) is 5.10 Å². The van der Waals surface area contributed by atoms with Crippen molar-refractivity contribution >= 4 is 16.7 Å². The topological polar surface area (TPSA) is 66.0 Å².